The minimum atomic E-state index is -0.0515. The van der Waals surface area contributed by atoms with E-state index in [0.29, 0.717) is 5.92 Å². The zero-order valence-corrected chi connectivity index (χ0v) is 16.0. The standard InChI is InChI=1S/C21H23ClN2O2/c1-13(2)10-21-24-19(17-11-15(22)6-9-20(17)26-21)12-18(23-24)14-4-7-16(25-3)8-5-14/h4-9,11,13,19,21H,10,12H2,1-3H3/t19-,21+/m0/s1. The lowest BCUT2D eigenvalue weighted by Gasteiger charge is -2.38. The van der Waals surface area contributed by atoms with Gasteiger partial charge in [-0.25, -0.2) is 0 Å². The van der Waals surface area contributed by atoms with E-state index in [0.717, 1.165) is 46.2 Å². The van der Waals surface area contributed by atoms with Gasteiger partial charge in [0.25, 0.3) is 0 Å². The molecule has 2 aliphatic heterocycles. The summed E-state index contributed by atoms with van der Waals surface area (Å²) in [6.45, 7) is 4.42. The molecule has 0 unspecified atom stereocenters. The first kappa shape index (κ1) is 17.2. The summed E-state index contributed by atoms with van der Waals surface area (Å²) in [5, 5.41) is 7.79. The van der Waals surface area contributed by atoms with Crippen molar-refractivity contribution < 1.29 is 9.47 Å². The van der Waals surface area contributed by atoms with Gasteiger partial charge >= 0.3 is 0 Å². The summed E-state index contributed by atoms with van der Waals surface area (Å²) in [4.78, 5) is 0. The highest BCUT2D eigenvalue weighted by Crippen LogP contribution is 2.45. The molecular weight excluding hydrogens is 348 g/mol. The molecule has 0 N–H and O–H groups in total. The molecule has 5 heteroatoms. The molecule has 136 valence electrons. The van der Waals surface area contributed by atoms with Gasteiger partial charge in [0.15, 0.2) is 6.23 Å². The molecule has 0 amide bonds. The van der Waals surface area contributed by atoms with Crippen molar-refractivity contribution >= 4 is 17.3 Å². The third kappa shape index (κ3) is 3.14. The van der Waals surface area contributed by atoms with Crippen molar-refractivity contribution in [3.8, 4) is 11.5 Å². The number of nitrogens with zero attached hydrogens (tertiary/aromatic N) is 2. The lowest BCUT2D eigenvalue weighted by molar-refractivity contribution is -0.0291. The van der Waals surface area contributed by atoms with E-state index in [9.17, 15) is 0 Å². The maximum absolute atomic E-state index is 6.27. The average Bonchev–Trinajstić information content (AvgIpc) is 3.08. The molecule has 0 spiro atoms. The highest BCUT2D eigenvalue weighted by Gasteiger charge is 2.40. The van der Waals surface area contributed by atoms with Gasteiger partial charge in [-0.05, 0) is 53.9 Å². The van der Waals surface area contributed by atoms with Crippen LogP contribution in [0.5, 0.6) is 11.5 Å². The first-order chi connectivity index (χ1) is 12.5. The number of halogens is 1. The smallest absolute Gasteiger partial charge is 0.188 e. The molecule has 0 fully saturated rings. The highest BCUT2D eigenvalue weighted by atomic mass is 35.5. The van der Waals surface area contributed by atoms with E-state index in [1.807, 2.05) is 30.3 Å². The second-order valence-corrected chi connectivity index (χ2v) is 7.70. The van der Waals surface area contributed by atoms with Gasteiger partial charge in [-0.2, -0.15) is 5.10 Å². The zero-order chi connectivity index (χ0) is 18.3. The van der Waals surface area contributed by atoms with E-state index >= 15 is 0 Å². The number of rotatable bonds is 4. The Balaban J connectivity index is 1.70. The van der Waals surface area contributed by atoms with Crippen LogP contribution in [0.3, 0.4) is 0 Å². The molecule has 4 nitrogen and oxygen atoms in total. The van der Waals surface area contributed by atoms with Crippen molar-refractivity contribution in [3.05, 3.63) is 58.6 Å². The number of benzene rings is 2. The predicted octanol–water partition coefficient (Wildman–Crippen LogP) is 5.26. The first-order valence-corrected chi connectivity index (χ1v) is 9.39. The summed E-state index contributed by atoms with van der Waals surface area (Å²) in [6.07, 6.45) is 1.72. The van der Waals surface area contributed by atoms with E-state index in [1.165, 1.54) is 0 Å². The molecule has 26 heavy (non-hydrogen) atoms. The number of methoxy groups -OCH3 is 1. The van der Waals surface area contributed by atoms with Crippen molar-refractivity contribution in [3.63, 3.8) is 0 Å². The second kappa shape index (κ2) is 6.84. The number of fused-ring (bicyclic) bond motifs is 3. The van der Waals surface area contributed by atoms with Crippen LogP contribution in [-0.4, -0.2) is 24.1 Å². The van der Waals surface area contributed by atoms with Crippen molar-refractivity contribution in [2.45, 2.75) is 39.0 Å². The summed E-state index contributed by atoms with van der Waals surface area (Å²) in [7, 11) is 1.68. The molecule has 0 radical (unpaired) electrons. The van der Waals surface area contributed by atoms with Crippen LogP contribution in [0.15, 0.2) is 47.6 Å². The van der Waals surface area contributed by atoms with Crippen LogP contribution in [0.2, 0.25) is 5.02 Å². The van der Waals surface area contributed by atoms with Gasteiger partial charge in [0, 0.05) is 23.4 Å². The summed E-state index contributed by atoms with van der Waals surface area (Å²) >= 11 is 6.25. The van der Waals surface area contributed by atoms with Gasteiger partial charge in [0.1, 0.15) is 11.5 Å². The normalized spacial score (nSPS) is 21.1. The van der Waals surface area contributed by atoms with Gasteiger partial charge in [-0.1, -0.05) is 25.4 Å². The molecule has 2 heterocycles. The van der Waals surface area contributed by atoms with E-state index < -0.39 is 0 Å². The van der Waals surface area contributed by atoms with E-state index in [4.69, 9.17) is 26.2 Å². The molecule has 2 aromatic carbocycles. The number of hydrogen-bond acceptors (Lipinski definition) is 4. The molecule has 0 bridgehead atoms. The second-order valence-electron chi connectivity index (χ2n) is 7.26. The third-order valence-electron chi connectivity index (χ3n) is 4.93. The molecule has 0 aromatic heterocycles. The molecule has 0 saturated carbocycles. The zero-order valence-electron chi connectivity index (χ0n) is 15.3. The largest absolute Gasteiger partial charge is 0.497 e. The molecule has 0 saturated heterocycles. The van der Waals surface area contributed by atoms with Crippen LogP contribution in [0, 0.1) is 5.92 Å². The van der Waals surface area contributed by atoms with Crippen LogP contribution < -0.4 is 9.47 Å². The Morgan fingerprint density at radius 3 is 2.69 bits per heavy atom. The number of ether oxygens (including phenoxy) is 2. The van der Waals surface area contributed by atoms with Crippen molar-refractivity contribution in [2.24, 2.45) is 11.0 Å². The van der Waals surface area contributed by atoms with E-state index in [2.05, 4.69) is 31.0 Å². The Labute approximate surface area is 159 Å². The molecular formula is C21H23ClN2O2. The Kier molecular flexibility index (Phi) is 4.53. The summed E-state index contributed by atoms with van der Waals surface area (Å²) in [5.41, 5.74) is 3.31. The molecule has 4 rings (SSSR count). The lowest BCUT2D eigenvalue weighted by Crippen LogP contribution is -2.41. The maximum Gasteiger partial charge on any atom is 0.188 e. The van der Waals surface area contributed by atoms with Crippen LogP contribution in [0.25, 0.3) is 0 Å². The van der Waals surface area contributed by atoms with E-state index in [-0.39, 0.29) is 12.3 Å². The van der Waals surface area contributed by atoms with Gasteiger partial charge in [-0.3, -0.25) is 5.01 Å². The van der Waals surface area contributed by atoms with Crippen LogP contribution in [0.4, 0.5) is 0 Å². The molecule has 2 atom stereocenters. The SMILES string of the molecule is COc1ccc(C2=NN3[C@@H](CC(C)C)Oc4ccc(Cl)cc4[C@@H]3C2)cc1. The van der Waals surface area contributed by atoms with Crippen molar-refractivity contribution in [1.82, 2.24) is 5.01 Å². The fourth-order valence-electron chi connectivity index (χ4n) is 3.65. The van der Waals surface area contributed by atoms with Gasteiger partial charge in [0.05, 0.1) is 18.9 Å². The topological polar surface area (TPSA) is 34.1 Å². The van der Waals surface area contributed by atoms with Crippen molar-refractivity contribution in [2.75, 3.05) is 7.11 Å². The van der Waals surface area contributed by atoms with E-state index in [1.54, 1.807) is 7.11 Å². The predicted molar refractivity (Wildman–Crippen MR) is 104 cm³/mol. The fourth-order valence-corrected chi connectivity index (χ4v) is 3.83. The van der Waals surface area contributed by atoms with Gasteiger partial charge in [0.2, 0.25) is 0 Å². The Morgan fingerprint density at radius 1 is 1.23 bits per heavy atom. The Morgan fingerprint density at radius 2 is 2.00 bits per heavy atom. The number of hydrazone groups is 1. The Bertz CT molecular complexity index is 832. The first-order valence-electron chi connectivity index (χ1n) is 9.01. The third-order valence-corrected chi connectivity index (χ3v) is 5.16. The molecule has 2 aromatic rings. The van der Waals surface area contributed by atoms with Crippen molar-refractivity contribution in [1.29, 1.82) is 0 Å². The lowest BCUT2D eigenvalue weighted by atomic mass is 9.95. The quantitative estimate of drug-likeness (QED) is 0.735. The van der Waals surface area contributed by atoms with Crippen LogP contribution >= 0.6 is 11.6 Å². The van der Waals surface area contributed by atoms with Crippen LogP contribution in [-0.2, 0) is 0 Å². The monoisotopic (exact) mass is 370 g/mol. The fraction of sp³-hybridized carbons (Fsp3) is 0.381. The van der Waals surface area contributed by atoms with Crippen LogP contribution in [0.1, 0.15) is 43.9 Å². The van der Waals surface area contributed by atoms with Gasteiger partial charge < -0.3 is 9.47 Å². The molecule has 2 aliphatic rings. The minimum absolute atomic E-state index is 0.0515. The van der Waals surface area contributed by atoms with Gasteiger partial charge in [-0.15, -0.1) is 0 Å². The minimum Gasteiger partial charge on any atom is -0.497 e. The summed E-state index contributed by atoms with van der Waals surface area (Å²) in [5.74, 6) is 2.30. The number of hydrogen-bond donors (Lipinski definition) is 0. The summed E-state index contributed by atoms with van der Waals surface area (Å²) in [6, 6.07) is 14.1. The summed E-state index contributed by atoms with van der Waals surface area (Å²) < 4.78 is 11.5. The maximum atomic E-state index is 6.27. The highest BCUT2D eigenvalue weighted by molar-refractivity contribution is 6.30. The molecule has 0 aliphatic carbocycles. The Hall–Kier alpha value is -2.20. The average molecular weight is 371 g/mol.